The van der Waals surface area contributed by atoms with Crippen molar-refractivity contribution in [2.24, 2.45) is 0 Å². The van der Waals surface area contributed by atoms with Crippen LogP contribution in [-0.4, -0.2) is 5.91 Å². The van der Waals surface area contributed by atoms with Crippen molar-refractivity contribution in [3.05, 3.63) is 50.6 Å². The molecule has 1 atom stereocenters. The molecule has 0 radical (unpaired) electrons. The summed E-state index contributed by atoms with van der Waals surface area (Å²) in [6, 6.07) is 9.89. The van der Waals surface area contributed by atoms with E-state index in [1.165, 1.54) is 16.9 Å². The maximum atomic E-state index is 12.2. The molecular weight excluding hydrogens is 322 g/mol. The summed E-state index contributed by atoms with van der Waals surface area (Å²) in [5.74, 6) is 0.376. The predicted octanol–water partition coefficient (Wildman–Crippen LogP) is 5.28. The first-order chi connectivity index (χ1) is 9.13. The van der Waals surface area contributed by atoms with Crippen molar-refractivity contribution in [2.75, 3.05) is 5.32 Å². The van der Waals surface area contributed by atoms with Gasteiger partial charge in [0.05, 0.1) is 0 Å². The Balaban J connectivity index is 2.24. The molecule has 1 heterocycles. The van der Waals surface area contributed by atoms with E-state index in [1.807, 2.05) is 29.6 Å². The van der Waals surface area contributed by atoms with Crippen LogP contribution in [0.1, 0.15) is 41.4 Å². The number of rotatable bonds is 4. The van der Waals surface area contributed by atoms with Crippen LogP contribution in [0.15, 0.2) is 40.2 Å². The van der Waals surface area contributed by atoms with Crippen molar-refractivity contribution < 1.29 is 4.79 Å². The molecule has 0 spiro atoms. The minimum Gasteiger partial charge on any atom is -0.321 e. The van der Waals surface area contributed by atoms with Gasteiger partial charge >= 0.3 is 0 Å². The van der Waals surface area contributed by atoms with Gasteiger partial charge in [-0.3, -0.25) is 4.79 Å². The largest absolute Gasteiger partial charge is 0.321 e. The Morgan fingerprint density at radius 1 is 1.37 bits per heavy atom. The highest BCUT2D eigenvalue weighted by Crippen LogP contribution is 2.28. The van der Waals surface area contributed by atoms with Crippen LogP contribution in [0.25, 0.3) is 0 Å². The van der Waals surface area contributed by atoms with Gasteiger partial charge in [0.25, 0.3) is 5.91 Å². The molecule has 1 N–H and O–H groups in total. The second-order valence-electron chi connectivity index (χ2n) is 4.45. The topological polar surface area (TPSA) is 29.1 Å². The van der Waals surface area contributed by atoms with Crippen molar-refractivity contribution >= 4 is 38.9 Å². The molecule has 0 fully saturated rings. The molecule has 1 amide bonds. The molecule has 1 unspecified atom stereocenters. The summed E-state index contributed by atoms with van der Waals surface area (Å²) < 4.78 is 0.844. The summed E-state index contributed by atoms with van der Waals surface area (Å²) in [7, 11) is 0. The zero-order valence-electron chi connectivity index (χ0n) is 10.9. The fraction of sp³-hybridized carbons (Fsp3) is 0.267. The molecular formula is C15H16BrNOS. The molecule has 2 rings (SSSR count). The lowest BCUT2D eigenvalue weighted by Gasteiger charge is -2.15. The molecule has 100 valence electrons. The van der Waals surface area contributed by atoms with Crippen LogP contribution in [0.3, 0.4) is 0 Å². The molecule has 0 saturated carbocycles. The van der Waals surface area contributed by atoms with Crippen LogP contribution in [0, 0.1) is 0 Å². The summed E-state index contributed by atoms with van der Waals surface area (Å²) in [5, 5.41) is 4.91. The van der Waals surface area contributed by atoms with E-state index in [0.29, 0.717) is 10.8 Å². The monoisotopic (exact) mass is 337 g/mol. The van der Waals surface area contributed by atoms with Gasteiger partial charge in [-0.1, -0.05) is 32.0 Å². The molecule has 0 aliphatic rings. The highest BCUT2D eigenvalue weighted by molar-refractivity contribution is 9.10. The Morgan fingerprint density at radius 3 is 2.74 bits per heavy atom. The summed E-state index contributed by atoms with van der Waals surface area (Å²) in [4.78, 5) is 12.9. The predicted molar refractivity (Wildman–Crippen MR) is 85.1 cm³/mol. The van der Waals surface area contributed by atoms with E-state index in [4.69, 9.17) is 0 Å². The molecule has 0 aliphatic heterocycles. The number of thiophene rings is 1. The van der Waals surface area contributed by atoms with Gasteiger partial charge in [-0.05, 0) is 51.3 Å². The minimum absolute atomic E-state index is 0.0578. The number of nitrogens with one attached hydrogen (secondary N) is 1. The summed E-state index contributed by atoms with van der Waals surface area (Å²) in [6.45, 7) is 4.32. The fourth-order valence-electron chi connectivity index (χ4n) is 1.90. The first-order valence-corrected chi connectivity index (χ1v) is 7.94. The van der Waals surface area contributed by atoms with Gasteiger partial charge in [0.2, 0.25) is 0 Å². The average molecular weight is 338 g/mol. The Kier molecular flexibility index (Phi) is 4.77. The van der Waals surface area contributed by atoms with E-state index < -0.39 is 0 Å². The van der Waals surface area contributed by atoms with Crippen LogP contribution >= 0.6 is 27.3 Å². The van der Waals surface area contributed by atoms with Crippen molar-refractivity contribution in [3.8, 4) is 0 Å². The molecule has 2 aromatic rings. The molecule has 1 aromatic carbocycles. The molecule has 0 bridgehead atoms. The van der Waals surface area contributed by atoms with E-state index in [2.05, 4.69) is 41.2 Å². The van der Waals surface area contributed by atoms with Crippen LogP contribution < -0.4 is 5.32 Å². The standard InChI is InChI=1S/C15H16BrNOS/c1-3-10(2)11-6-4-5-7-13(11)17-15(18)14-12(16)8-9-19-14/h4-10H,3H2,1-2H3,(H,17,18). The Bertz CT molecular complexity index is 579. The third-order valence-corrected chi connectivity index (χ3v) is 5.01. The molecule has 1 aromatic heterocycles. The van der Waals surface area contributed by atoms with Crippen molar-refractivity contribution in [1.29, 1.82) is 0 Å². The third kappa shape index (κ3) is 3.25. The van der Waals surface area contributed by atoms with E-state index in [-0.39, 0.29) is 5.91 Å². The van der Waals surface area contributed by atoms with E-state index in [1.54, 1.807) is 0 Å². The number of carbonyl (C=O) groups is 1. The average Bonchev–Trinajstić information content (AvgIpc) is 2.85. The maximum absolute atomic E-state index is 12.2. The van der Waals surface area contributed by atoms with Gasteiger partial charge < -0.3 is 5.32 Å². The first-order valence-electron chi connectivity index (χ1n) is 6.26. The molecule has 0 aliphatic carbocycles. The smallest absolute Gasteiger partial charge is 0.266 e. The zero-order valence-corrected chi connectivity index (χ0v) is 13.3. The number of carbonyl (C=O) groups excluding carboxylic acids is 1. The third-order valence-electron chi connectivity index (χ3n) is 3.18. The van der Waals surface area contributed by atoms with Gasteiger partial charge in [0, 0.05) is 10.2 Å². The van der Waals surface area contributed by atoms with Crippen LogP contribution in [0.2, 0.25) is 0 Å². The normalized spacial score (nSPS) is 12.2. The number of hydrogen-bond acceptors (Lipinski definition) is 2. The van der Waals surface area contributed by atoms with Gasteiger partial charge in [-0.2, -0.15) is 0 Å². The lowest BCUT2D eigenvalue weighted by Crippen LogP contribution is -2.13. The number of halogens is 1. The summed E-state index contributed by atoms with van der Waals surface area (Å²) in [5.41, 5.74) is 2.09. The molecule has 4 heteroatoms. The number of anilines is 1. The highest BCUT2D eigenvalue weighted by Gasteiger charge is 2.15. The minimum atomic E-state index is -0.0578. The number of amides is 1. The molecule has 19 heavy (non-hydrogen) atoms. The van der Waals surface area contributed by atoms with Crippen LogP contribution in [0.5, 0.6) is 0 Å². The van der Waals surface area contributed by atoms with Gasteiger partial charge in [-0.25, -0.2) is 0 Å². The van der Waals surface area contributed by atoms with Crippen molar-refractivity contribution in [3.63, 3.8) is 0 Å². The van der Waals surface area contributed by atoms with E-state index in [0.717, 1.165) is 16.6 Å². The summed E-state index contributed by atoms with van der Waals surface area (Å²) >= 11 is 4.83. The Morgan fingerprint density at radius 2 is 2.11 bits per heavy atom. The van der Waals surface area contributed by atoms with Gasteiger partial charge in [0.15, 0.2) is 0 Å². The maximum Gasteiger partial charge on any atom is 0.266 e. The highest BCUT2D eigenvalue weighted by atomic mass is 79.9. The molecule has 2 nitrogen and oxygen atoms in total. The van der Waals surface area contributed by atoms with E-state index in [9.17, 15) is 4.79 Å². The van der Waals surface area contributed by atoms with E-state index >= 15 is 0 Å². The Labute approximate surface area is 126 Å². The number of para-hydroxylation sites is 1. The number of hydrogen-bond donors (Lipinski definition) is 1. The zero-order chi connectivity index (χ0) is 13.8. The van der Waals surface area contributed by atoms with Crippen molar-refractivity contribution in [2.45, 2.75) is 26.2 Å². The van der Waals surface area contributed by atoms with Gasteiger partial charge in [0.1, 0.15) is 4.88 Å². The van der Waals surface area contributed by atoms with Crippen LogP contribution in [-0.2, 0) is 0 Å². The Hall–Kier alpha value is -1.13. The van der Waals surface area contributed by atoms with Crippen molar-refractivity contribution in [1.82, 2.24) is 0 Å². The lowest BCUT2D eigenvalue weighted by atomic mass is 9.97. The fourth-order valence-corrected chi connectivity index (χ4v) is 3.34. The quantitative estimate of drug-likeness (QED) is 0.808. The second kappa shape index (κ2) is 6.35. The SMILES string of the molecule is CCC(C)c1ccccc1NC(=O)c1sccc1Br. The summed E-state index contributed by atoms with van der Waals surface area (Å²) in [6.07, 6.45) is 1.05. The second-order valence-corrected chi connectivity index (χ2v) is 6.22. The number of benzene rings is 1. The lowest BCUT2D eigenvalue weighted by molar-refractivity contribution is 0.103. The molecule has 0 saturated heterocycles. The van der Waals surface area contributed by atoms with Gasteiger partial charge in [-0.15, -0.1) is 11.3 Å². The first kappa shape index (κ1) is 14.3. The van der Waals surface area contributed by atoms with Crippen LogP contribution in [0.4, 0.5) is 5.69 Å².